The zero-order chi connectivity index (χ0) is 20.7. The Kier molecular flexibility index (Phi) is 7.77. The lowest BCUT2D eigenvalue weighted by Crippen LogP contribution is -2.53. The SMILES string of the molecule is O=C(C1CCOCC1)N1CCC2(CC1)CC(OCCOCc1ccccc1)CCO2. The van der Waals surface area contributed by atoms with Gasteiger partial charge in [0.1, 0.15) is 0 Å². The maximum atomic E-state index is 12.8. The Hall–Kier alpha value is -1.47. The third-order valence-electron chi connectivity index (χ3n) is 6.70. The summed E-state index contributed by atoms with van der Waals surface area (Å²) >= 11 is 0. The molecule has 1 spiro atoms. The summed E-state index contributed by atoms with van der Waals surface area (Å²) in [5, 5.41) is 0. The molecule has 1 unspecified atom stereocenters. The van der Waals surface area contributed by atoms with E-state index in [1.807, 2.05) is 23.1 Å². The van der Waals surface area contributed by atoms with E-state index in [2.05, 4.69) is 12.1 Å². The predicted molar refractivity (Wildman–Crippen MR) is 113 cm³/mol. The monoisotopic (exact) mass is 417 g/mol. The van der Waals surface area contributed by atoms with Crippen molar-refractivity contribution >= 4 is 5.91 Å². The van der Waals surface area contributed by atoms with Crippen LogP contribution in [0.2, 0.25) is 0 Å². The van der Waals surface area contributed by atoms with Crippen molar-refractivity contribution in [3.63, 3.8) is 0 Å². The number of piperidine rings is 1. The molecule has 1 aromatic rings. The normalized spacial score (nSPS) is 24.8. The maximum Gasteiger partial charge on any atom is 0.225 e. The molecule has 6 heteroatoms. The summed E-state index contributed by atoms with van der Waals surface area (Å²) in [7, 11) is 0. The van der Waals surface area contributed by atoms with E-state index in [0.29, 0.717) is 38.9 Å². The lowest BCUT2D eigenvalue weighted by Gasteiger charge is -2.46. The molecule has 4 rings (SSSR count). The second kappa shape index (κ2) is 10.7. The van der Waals surface area contributed by atoms with Gasteiger partial charge < -0.3 is 23.8 Å². The topological polar surface area (TPSA) is 57.2 Å². The summed E-state index contributed by atoms with van der Waals surface area (Å²) in [6.45, 7) is 5.60. The van der Waals surface area contributed by atoms with E-state index < -0.39 is 0 Å². The molecule has 0 saturated carbocycles. The summed E-state index contributed by atoms with van der Waals surface area (Å²) in [4.78, 5) is 14.8. The number of carbonyl (C=O) groups is 1. The van der Waals surface area contributed by atoms with Gasteiger partial charge in [0, 0.05) is 45.2 Å². The minimum absolute atomic E-state index is 0.125. The highest BCUT2D eigenvalue weighted by atomic mass is 16.5. The molecular formula is C24H35NO5. The van der Waals surface area contributed by atoms with Gasteiger partial charge in [-0.2, -0.15) is 0 Å². The van der Waals surface area contributed by atoms with Crippen LogP contribution in [0.25, 0.3) is 0 Å². The van der Waals surface area contributed by atoms with E-state index in [4.69, 9.17) is 18.9 Å². The van der Waals surface area contributed by atoms with Gasteiger partial charge in [-0.3, -0.25) is 4.79 Å². The molecule has 0 aromatic heterocycles. The number of nitrogens with zero attached hydrogens (tertiary/aromatic N) is 1. The van der Waals surface area contributed by atoms with Gasteiger partial charge >= 0.3 is 0 Å². The van der Waals surface area contributed by atoms with Crippen molar-refractivity contribution in [2.45, 2.75) is 56.8 Å². The Morgan fingerprint density at radius 3 is 2.57 bits per heavy atom. The van der Waals surface area contributed by atoms with E-state index in [1.165, 1.54) is 5.56 Å². The molecule has 0 bridgehead atoms. The van der Waals surface area contributed by atoms with Crippen LogP contribution in [0.4, 0.5) is 0 Å². The van der Waals surface area contributed by atoms with Gasteiger partial charge in [-0.15, -0.1) is 0 Å². The lowest BCUT2D eigenvalue weighted by molar-refractivity contribution is -0.165. The number of hydrogen-bond acceptors (Lipinski definition) is 5. The van der Waals surface area contributed by atoms with Gasteiger partial charge in [0.15, 0.2) is 0 Å². The predicted octanol–water partition coefficient (Wildman–Crippen LogP) is 3.19. The van der Waals surface area contributed by atoms with Crippen LogP contribution in [0.3, 0.4) is 0 Å². The second-order valence-electron chi connectivity index (χ2n) is 8.77. The van der Waals surface area contributed by atoms with E-state index >= 15 is 0 Å². The maximum absolute atomic E-state index is 12.8. The molecule has 6 nitrogen and oxygen atoms in total. The summed E-state index contributed by atoms with van der Waals surface area (Å²) < 4.78 is 23.5. The quantitative estimate of drug-likeness (QED) is 0.638. The highest BCUT2D eigenvalue weighted by Gasteiger charge is 2.42. The van der Waals surface area contributed by atoms with Crippen LogP contribution in [-0.2, 0) is 30.3 Å². The van der Waals surface area contributed by atoms with Crippen molar-refractivity contribution in [3.05, 3.63) is 35.9 Å². The molecule has 166 valence electrons. The van der Waals surface area contributed by atoms with Gasteiger partial charge in [-0.05, 0) is 37.7 Å². The fourth-order valence-corrected chi connectivity index (χ4v) is 4.85. The van der Waals surface area contributed by atoms with E-state index in [1.54, 1.807) is 0 Å². The van der Waals surface area contributed by atoms with Gasteiger partial charge in [-0.25, -0.2) is 0 Å². The van der Waals surface area contributed by atoms with E-state index in [9.17, 15) is 4.79 Å². The zero-order valence-electron chi connectivity index (χ0n) is 17.9. The largest absolute Gasteiger partial charge is 0.381 e. The molecule has 0 radical (unpaired) electrons. The summed E-state index contributed by atoms with van der Waals surface area (Å²) in [5.74, 6) is 0.458. The number of ether oxygens (including phenoxy) is 4. The zero-order valence-corrected chi connectivity index (χ0v) is 17.9. The third kappa shape index (κ3) is 5.82. The third-order valence-corrected chi connectivity index (χ3v) is 6.70. The van der Waals surface area contributed by atoms with Crippen molar-refractivity contribution in [2.24, 2.45) is 5.92 Å². The standard InChI is InChI=1S/C24H35NO5/c26-23(21-6-13-27-14-7-21)25-11-9-24(10-12-25)18-22(8-15-30-24)29-17-16-28-19-20-4-2-1-3-5-20/h1-5,21-22H,6-19H2. The molecule has 3 fully saturated rings. The van der Waals surface area contributed by atoms with Gasteiger partial charge in [0.2, 0.25) is 5.91 Å². The first kappa shape index (κ1) is 21.8. The number of amides is 1. The molecule has 3 aliphatic heterocycles. The smallest absolute Gasteiger partial charge is 0.225 e. The molecule has 3 saturated heterocycles. The van der Waals surface area contributed by atoms with E-state index in [0.717, 1.165) is 58.2 Å². The molecule has 1 atom stereocenters. The average Bonchev–Trinajstić information content (AvgIpc) is 2.80. The number of rotatable bonds is 7. The highest BCUT2D eigenvalue weighted by Crippen LogP contribution is 2.36. The second-order valence-corrected chi connectivity index (χ2v) is 8.77. The first-order valence-corrected chi connectivity index (χ1v) is 11.5. The first-order valence-electron chi connectivity index (χ1n) is 11.5. The van der Waals surface area contributed by atoms with Gasteiger partial charge in [0.05, 0.1) is 31.5 Å². The fraction of sp³-hybridized carbons (Fsp3) is 0.708. The van der Waals surface area contributed by atoms with Crippen LogP contribution >= 0.6 is 0 Å². The van der Waals surface area contributed by atoms with Crippen LogP contribution in [0, 0.1) is 5.92 Å². The van der Waals surface area contributed by atoms with Crippen LogP contribution in [0.15, 0.2) is 30.3 Å². The molecule has 1 aromatic carbocycles. The summed E-state index contributed by atoms with van der Waals surface area (Å²) in [6.07, 6.45) is 5.62. The van der Waals surface area contributed by atoms with Crippen LogP contribution in [0.5, 0.6) is 0 Å². The molecule has 0 aliphatic carbocycles. The molecule has 3 aliphatic rings. The minimum Gasteiger partial charge on any atom is -0.381 e. The molecule has 30 heavy (non-hydrogen) atoms. The number of benzene rings is 1. The summed E-state index contributed by atoms with van der Waals surface area (Å²) in [6, 6.07) is 10.2. The van der Waals surface area contributed by atoms with Crippen LogP contribution in [-0.4, -0.2) is 68.6 Å². The highest BCUT2D eigenvalue weighted by molar-refractivity contribution is 5.79. The number of carbonyl (C=O) groups excluding carboxylic acids is 1. The van der Waals surface area contributed by atoms with Crippen molar-refractivity contribution in [1.82, 2.24) is 4.90 Å². The Bertz CT molecular complexity index is 653. The van der Waals surface area contributed by atoms with Crippen molar-refractivity contribution in [2.75, 3.05) is 46.1 Å². The average molecular weight is 418 g/mol. The first-order chi connectivity index (χ1) is 14.7. The van der Waals surface area contributed by atoms with Crippen molar-refractivity contribution in [1.29, 1.82) is 0 Å². The molecular weight excluding hydrogens is 382 g/mol. The van der Waals surface area contributed by atoms with E-state index in [-0.39, 0.29) is 17.6 Å². The van der Waals surface area contributed by atoms with Crippen LogP contribution in [0.1, 0.15) is 44.1 Å². The summed E-state index contributed by atoms with van der Waals surface area (Å²) in [5.41, 5.74) is 1.06. The van der Waals surface area contributed by atoms with Crippen LogP contribution < -0.4 is 0 Å². The minimum atomic E-state index is -0.125. The van der Waals surface area contributed by atoms with Crippen molar-refractivity contribution in [3.8, 4) is 0 Å². The lowest BCUT2D eigenvalue weighted by atomic mass is 9.82. The van der Waals surface area contributed by atoms with Gasteiger partial charge in [-0.1, -0.05) is 30.3 Å². The Balaban J connectivity index is 1.16. The molecule has 3 heterocycles. The number of likely N-dealkylation sites (tertiary alicyclic amines) is 1. The number of hydrogen-bond donors (Lipinski definition) is 0. The van der Waals surface area contributed by atoms with Gasteiger partial charge in [0.25, 0.3) is 0 Å². The molecule has 1 amide bonds. The fourth-order valence-electron chi connectivity index (χ4n) is 4.85. The van der Waals surface area contributed by atoms with Crippen molar-refractivity contribution < 1.29 is 23.7 Å². The molecule has 0 N–H and O–H groups in total. The Morgan fingerprint density at radius 2 is 1.80 bits per heavy atom. The Labute approximate surface area is 179 Å². The Morgan fingerprint density at radius 1 is 1.03 bits per heavy atom.